The zero-order chi connectivity index (χ0) is 20.6. The van der Waals surface area contributed by atoms with Gasteiger partial charge in [-0.15, -0.1) is 0 Å². The minimum atomic E-state index is -1.38. The van der Waals surface area contributed by atoms with E-state index in [1.165, 1.54) is 5.01 Å². The number of carbonyl (C=O) groups excluding carboxylic acids is 1. The van der Waals surface area contributed by atoms with Crippen molar-refractivity contribution >= 4 is 11.6 Å². The van der Waals surface area contributed by atoms with E-state index < -0.39 is 23.3 Å². The fourth-order valence-corrected chi connectivity index (χ4v) is 3.93. The molecule has 0 bridgehead atoms. The maximum absolute atomic E-state index is 14.6. The van der Waals surface area contributed by atoms with Crippen molar-refractivity contribution in [1.82, 2.24) is 5.01 Å². The molecule has 0 radical (unpaired) electrons. The normalized spacial score (nSPS) is 22.5. The summed E-state index contributed by atoms with van der Waals surface area (Å²) in [6, 6.07) is 12.1. The van der Waals surface area contributed by atoms with Gasteiger partial charge in [-0.05, 0) is 36.6 Å². The second-order valence-electron chi connectivity index (χ2n) is 7.71. The van der Waals surface area contributed by atoms with E-state index in [1.54, 1.807) is 24.3 Å². The highest BCUT2D eigenvalue weighted by atomic mass is 19.1. The third-order valence-corrected chi connectivity index (χ3v) is 5.59. The number of hydrazone groups is 1. The molecule has 0 aromatic heterocycles. The molecule has 1 aliphatic heterocycles. The van der Waals surface area contributed by atoms with E-state index in [0.29, 0.717) is 5.56 Å². The Kier molecular flexibility index (Phi) is 5.17. The number of nitrogens with two attached hydrogens (primary N) is 1. The lowest BCUT2D eigenvalue weighted by Gasteiger charge is -2.38. The van der Waals surface area contributed by atoms with Crippen LogP contribution in [0.1, 0.15) is 36.8 Å². The topological polar surface area (TPSA) is 58.7 Å². The van der Waals surface area contributed by atoms with Crippen LogP contribution in [0.25, 0.3) is 0 Å². The van der Waals surface area contributed by atoms with Gasteiger partial charge in [0, 0.05) is 30.9 Å². The molecule has 4 rings (SSSR count). The molecule has 1 saturated carbocycles. The van der Waals surface area contributed by atoms with Crippen molar-refractivity contribution in [2.24, 2.45) is 16.8 Å². The van der Waals surface area contributed by atoms with Crippen LogP contribution >= 0.6 is 0 Å². The summed E-state index contributed by atoms with van der Waals surface area (Å²) in [7, 11) is 0. The Bertz CT molecular complexity index is 946. The first-order valence-corrected chi connectivity index (χ1v) is 9.71. The lowest BCUT2D eigenvalue weighted by atomic mass is 9.79. The van der Waals surface area contributed by atoms with Crippen LogP contribution in [0, 0.1) is 17.6 Å². The summed E-state index contributed by atoms with van der Waals surface area (Å²) >= 11 is 0. The summed E-state index contributed by atoms with van der Waals surface area (Å²) in [5.74, 6) is -1.63. The van der Waals surface area contributed by atoms with Gasteiger partial charge in [0.2, 0.25) is 5.91 Å². The van der Waals surface area contributed by atoms with Crippen molar-refractivity contribution in [1.29, 1.82) is 0 Å². The van der Waals surface area contributed by atoms with Crippen LogP contribution in [0.15, 0.2) is 53.6 Å². The van der Waals surface area contributed by atoms with E-state index >= 15 is 0 Å². The molecule has 1 aliphatic carbocycles. The lowest BCUT2D eigenvalue weighted by molar-refractivity contribution is -0.139. The second kappa shape index (κ2) is 7.63. The predicted octanol–water partition coefficient (Wildman–Crippen LogP) is 3.89. The average Bonchev–Trinajstić information content (AvgIpc) is 3.51. The summed E-state index contributed by atoms with van der Waals surface area (Å²) < 4.78 is 42.8. The minimum Gasteiger partial charge on any atom is -0.328 e. The van der Waals surface area contributed by atoms with Gasteiger partial charge in [-0.1, -0.05) is 30.3 Å². The number of halogens is 3. The lowest BCUT2D eigenvalue weighted by Crippen LogP contribution is -2.46. The van der Waals surface area contributed by atoms with E-state index in [1.807, 2.05) is 6.07 Å². The van der Waals surface area contributed by atoms with E-state index in [4.69, 9.17) is 5.73 Å². The van der Waals surface area contributed by atoms with Gasteiger partial charge in [0.05, 0.1) is 11.3 Å². The Hall–Kier alpha value is -2.67. The van der Waals surface area contributed by atoms with E-state index in [9.17, 15) is 18.0 Å². The zero-order valence-corrected chi connectivity index (χ0v) is 15.8. The number of amides is 1. The molecule has 2 aromatic rings. The van der Waals surface area contributed by atoms with Crippen LogP contribution in [0.2, 0.25) is 0 Å². The first-order valence-electron chi connectivity index (χ1n) is 9.71. The second-order valence-corrected chi connectivity index (χ2v) is 7.71. The van der Waals surface area contributed by atoms with Crippen LogP contribution in [-0.4, -0.2) is 29.3 Å². The maximum atomic E-state index is 14.6. The van der Waals surface area contributed by atoms with Crippen molar-refractivity contribution in [3.63, 3.8) is 0 Å². The Labute approximate surface area is 167 Å². The molecule has 4 nitrogen and oxygen atoms in total. The highest BCUT2D eigenvalue weighted by Crippen LogP contribution is 2.46. The predicted molar refractivity (Wildman–Crippen MR) is 104 cm³/mol. The number of alkyl halides is 1. The van der Waals surface area contributed by atoms with Gasteiger partial charge in [0.15, 0.2) is 0 Å². The third-order valence-electron chi connectivity index (χ3n) is 5.59. The van der Waals surface area contributed by atoms with Crippen LogP contribution in [-0.2, 0) is 10.3 Å². The molecule has 0 spiro atoms. The molecule has 1 amide bonds. The maximum Gasteiger partial charge on any atom is 0.246 e. The van der Waals surface area contributed by atoms with Crippen LogP contribution in [0.3, 0.4) is 0 Å². The largest absolute Gasteiger partial charge is 0.328 e. The number of carbonyl (C=O) groups is 1. The molecular weight excluding hydrogens is 379 g/mol. The highest BCUT2D eigenvalue weighted by Gasteiger charge is 2.51. The molecule has 2 N–H and O–H groups in total. The van der Waals surface area contributed by atoms with Crippen molar-refractivity contribution in [3.8, 4) is 0 Å². The van der Waals surface area contributed by atoms with Crippen LogP contribution < -0.4 is 5.73 Å². The molecular formula is C22H22F3N3O. The summed E-state index contributed by atoms with van der Waals surface area (Å²) in [5.41, 5.74) is 5.32. The zero-order valence-electron chi connectivity index (χ0n) is 15.8. The monoisotopic (exact) mass is 401 g/mol. The Balaban J connectivity index is 1.84. The summed E-state index contributed by atoms with van der Waals surface area (Å²) in [6.45, 7) is -0.205. The van der Waals surface area contributed by atoms with Crippen molar-refractivity contribution < 1.29 is 18.0 Å². The van der Waals surface area contributed by atoms with Gasteiger partial charge in [0.25, 0.3) is 0 Å². The van der Waals surface area contributed by atoms with Gasteiger partial charge < -0.3 is 5.73 Å². The van der Waals surface area contributed by atoms with Crippen molar-refractivity contribution in [2.45, 2.75) is 37.4 Å². The fraction of sp³-hybridized carbons (Fsp3) is 0.364. The smallest absolute Gasteiger partial charge is 0.246 e. The van der Waals surface area contributed by atoms with Crippen molar-refractivity contribution in [2.75, 3.05) is 6.54 Å². The molecule has 0 unspecified atom stereocenters. The molecule has 7 heteroatoms. The van der Waals surface area contributed by atoms with Crippen LogP contribution in [0.4, 0.5) is 13.2 Å². The number of benzene rings is 2. The fourth-order valence-electron chi connectivity index (χ4n) is 3.93. The number of hydrogen-bond donors (Lipinski definition) is 1. The van der Waals surface area contributed by atoms with Gasteiger partial charge in [-0.25, -0.2) is 18.2 Å². The van der Waals surface area contributed by atoms with Gasteiger partial charge in [-0.3, -0.25) is 4.79 Å². The molecule has 1 heterocycles. The Morgan fingerprint density at radius 1 is 1.21 bits per heavy atom. The summed E-state index contributed by atoms with van der Waals surface area (Å²) in [5, 5.41) is 5.73. The Morgan fingerprint density at radius 2 is 1.93 bits per heavy atom. The van der Waals surface area contributed by atoms with E-state index in [2.05, 4.69) is 5.10 Å². The van der Waals surface area contributed by atoms with Gasteiger partial charge >= 0.3 is 0 Å². The van der Waals surface area contributed by atoms with Gasteiger partial charge in [-0.2, -0.15) is 5.10 Å². The summed E-state index contributed by atoms with van der Waals surface area (Å²) in [4.78, 5) is 13.1. The molecule has 29 heavy (non-hydrogen) atoms. The first-order chi connectivity index (χ1) is 13.9. The molecule has 2 aliphatic rings. The molecule has 1 fully saturated rings. The number of hydrogen-bond acceptors (Lipinski definition) is 3. The van der Waals surface area contributed by atoms with E-state index in [0.717, 1.165) is 31.0 Å². The SMILES string of the molecule is NC[C@@H](F)C[C@@]1(c2ccccc2)CC(c2cc(F)ccc2F)=NN1C(=O)C1CC1. The Morgan fingerprint density at radius 3 is 2.59 bits per heavy atom. The van der Waals surface area contributed by atoms with Crippen molar-refractivity contribution in [3.05, 3.63) is 71.3 Å². The number of nitrogens with zero attached hydrogens (tertiary/aromatic N) is 2. The van der Waals surface area contributed by atoms with E-state index in [-0.39, 0.29) is 42.5 Å². The number of rotatable bonds is 6. The average molecular weight is 401 g/mol. The quantitative estimate of drug-likeness (QED) is 0.798. The standard InChI is InChI=1S/C22H22F3N3O/c23-16-8-9-19(25)18(10-16)20-12-22(11-17(24)13-26,15-4-2-1-3-5-15)28(27-20)21(29)14-6-7-14/h1-5,8-10,14,17H,6-7,11-13,26H2/t17-,22-/m0/s1. The minimum absolute atomic E-state index is 0.0143. The first kappa shape index (κ1) is 19.6. The summed E-state index contributed by atoms with van der Waals surface area (Å²) in [6.07, 6.45) is 0.119. The van der Waals surface area contributed by atoms with Gasteiger partial charge in [0.1, 0.15) is 17.8 Å². The third kappa shape index (κ3) is 3.67. The van der Waals surface area contributed by atoms with Crippen LogP contribution in [0.5, 0.6) is 0 Å². The molecule has 2 atom stereocenters. The molecule has 2 aromatic carbocycles. The molecule has 152 valence electrons. The highest BCUT2D eigenvalue weighted by molar-refractivity contribution is 6.04. The molecule has 0 saturated heterocycles.